The van der Waals surface area contributed by atoms with Crippen molar-refractivity contribution in [3.63, 3.8) is 0 Å². The molecule has 6 nitrogen and oxygen atoms in total. The minimum absolute atomic E-state index is 0.0815. The topological polar surface area (TPSA) is 78.9 Å². The first-order valence-electron chi connectivity index (χ1n) is 34.4. The standard InChI is InChI=1S/C73H130O6/c1-4-7-10-13-16-19-22-25-28-31-33-35-36-38-39-42-45-48-51-54-57-60-63-66-72(75)78-69-70(68-77-71(74)65-62-59-56-53-50-47-44-41-30-27-24-21-18-15-12-9-6-3)79-73(76)67-64-61-58-55-52-49-46-43-40-37-34-32-29-26-23-20-17-14-11-8-5-2/h22-23,25-27,30-34,40,43,70H,4-21,24,28-29,35-39,41-42,44-69H2,1-3H3/b25-22-,26-23-,30-27-,33-31-,34-32-,43-40-. The Labute approximate surface area is 491 Å². The van der Waals surface area contributed by atoms with Crippen molar-refractivity contribution in [2.24, 2.45) is 0 Å². The van der Waals surface area contributed by atoms with Gasteiger partial charge in [0.05, 0.1) is 0 Å². The van der Waals surface area contributed by atoms with Crippen molar-refractivity contribution in [3.8, 4) is 0 Å². The Balaban J connectivity index is 4.38. The van der Waals surface area contributed by atoms with Crippen molar-refractivity contribution in [1.29, 1.82) is 0 Å². The summed E-state index contributed by atoms with van der Waals surface area (Å²) in [5.41, 5.74) is 0. The van der Waals surface area contributed by atoms with Gasteiger partial charge in [0, 0.05) is 19.3 Å². The second-order valence-electron chi connectivity index (χ2n) is 23.1. The molecular weight excluding hydrogens is 973 g/mol. The molecular formula is C73H130O6. The molecule has 0 aromatic heterocycles. The van der Waals surface area contributed by atoms with Gasteiger partial charge in [-0.1, -0.05) is 293 Å². The molecule has 0 rings (SSSR count). The molecule has 0 spiro atoms. The van der Waals surface area contributed by atoms with Crippen molar-refractivity contribution in [2.75, 3.05) is 13.2 Å². The normalized spacial score (nSPS) is 12.5. The van der Waals surface area contributed by atoms with Crippen LogP contribution in [0, 0.1) is 0 Å². The molecule has 0 bridgehead atoms. The molecule has 0 aromatic carbocycles. The van der Waals surface area contributed by atoms with Crippen molar-refractivity contribution in [1.82, 2.24) is 0 Å². The smallest absolute Gasteiger partial charge is 0.306 e. The summed E-state index contributed by atoms with van der Waals surface area (Å²) in [6.45, 7) is 6.65. The van der Waals surface area contributed by atoms with Gasteiger partial charge in [-0.2, -0.15) is 0 Å². The van der Waals surface area contributed by atoms with Crippen LogP contribution in [0.25, 0.3) is 0 Å². The monoisotopic (exact) mass is 1100 g/mol. The van der Waals surface area contributed by atoms with E-state index in [1.165, 1.54) is 225 Å². The third-order valence-electron chi connectivity index (χ3n) is 15.2. The van der Waals surface area contributed by atoms with Gasteiger partial charge in [-0.05, 0) is 116 Å². The van der Waals surface area contributed by atoms with Gasteiger partial charge in [-0.15, -0.1) is 0 Å². The van der Waals surface area contributed by atoms with Gasteiger partial charge >= 0.3 is 17.9 Å². The SMILES string of the molecule is CCCCCCC/C=C\C/C=C\C/C=C\CCCCCCCCC(=O)OC(COC(=O)CCCCCCCCC/C=C\CCCCCCCC)COC(=O)CCCCCCCCCCCCC/C=C\C/C=C\CCCCCCC. The highest BCUT2D eigenvalue weighted by molar-refractivity contribution is 5.71. The molecule has 79 heavy (non-hydrogen) atoms. The zero-order valence-corrected chi connectivity index (χ0v) is 52.6. The van der Waals surface area contributed by atoms with Crippen molar-refractivity contribution >= 4 is 17.9 Å². The van der Waals surface area contributed by atoms with Gasteiger partial charge in [0.1, 0.15) is 13.2 Å². The molecule has 0 aromatic rings. The number of carbonyl (C=O) groups is 3. The molecule has 0 aliphatic carbocycles. The Morgan fingerprint density at radius 3 is 0.722 bits per heavy atom. The summed E-state index contributed by atoms with van der Waals surface area (Å²) in [5, 5.41) is 0. The van der Waals surface area contributed by atoms with E-state index < -0.39 is 6.10 Å². The first-order chi connectivity index (χ1) is 39.0. The Morgan fingerprint density at radius 2 is 0.456 bits per heavy atom. The summed E-state index contributed by atoms with van der Waals surface area (Å²) < 4.78 is 17.0. The number of carbonyl (C=O) groups excluding carboxylic acids is 3. The zero-order valence-electron chi connectivity index (χ0n) is 52.6. The summed E-state index contributed by atoms with van der Waals surface area (Å²) in [5.74, 6) is -0.882. The lowest BCUT2D eigenvalue weighted by molar-refractivity contribution is -0.167. The average molecular weight is 1100 g/mol. The van der Waals surface area contributed by atoms with Gasteiger partial charge in [-0.25, -0.2) is 0 Å². The predicted molar refractivity (Wildman–Crippen MR) is 344 cm³/mol. The molecule has 0 aliphatic heterocycles. The fraction of sp³-hybridized carbons (Fsp3) is 0.795. The summed E-state index contributed by atoms with van der Waals surface area (Å²) in [4.78, 5) is 38.4. The largest absolute Gasteiger partial charge is 0.462 e. The van der Waals surface area contributed by atoms with Crippen LogP contribution in [0.5, 0.6) is 0 Å². The maximum atomic E-state index is 12.9. The van der Waals surface area contributed by atoms with E-state index in [2.05, 4.69) is 93.7 Å². The van der Waals surface area contributed by atoms with Gasteiger partial charge in [0.2, 0.25) is 0 Å². The molecule has 6 heteroatoms. The second kappa shape index (κ2) is 67.4. The highest BCUT2D eigenvalue weighted by Crippen LogP contribution is 2.17. The first-order valence-corrected chi connectivity index (χ1v) is 34.4. The van der Waals surface area contributed by atoms with Gasteiger partial charge in [0.25, 0.3) is 0 Å². The third-order valence-corrected chi connectivity index (χ3v) is 15.2. The van der Waals surface area contributed by atoms with Gasteiger partial charge < -0.3 is 14.2 Å². The van der Waals surface area contributed by atoms with Crippen LogP contribution in [0.15, 0.2) is 72.9 Å². The van der Waals surface area contributed by atoms with Crippen LogP contribution in [0.1, 0.15) is 355 Å². The number of rotatable bonds is 63. The second-order valence-corrected chi connectivity index (χ2v) is 23.1. The molecule has 0 aliphatic rings. The van der Waals surface area contributed by atoms with Gasteiger partial charge in [0.15, 0.2) is 6.10 Å². The maximum Gasteiger partial charge on any atom is 0.306 e. The first kappa shape index (κ1) is 75.8. The summed E-state index contributed by atoms with van der Waals surface area (Å²) >= 11 is 0. The number of hydrogen-bond acceptors (Lipinski definition) is 6. The molecule has 1 atom stereocenters. The van der Waals surface area contributed by atoms with Crippen LogP contribution in [0.3, 0.4) is 0 Å². The molecule has 0 heterocycles. The van der Waals surface area contributed by atoms with Gasteiger partial charge in [-0.3, -0.25) is 14.4 Å². The van der Waals surface area contributed by atoms with Crippen LogP contribution < -0.4 is 0 Å². The summed E-state index contributed by atoms with van der Waals surface area (Å²) in [6, 6.07) is 0. The maximum absolute atomic E-state index is 12.9. The van der Waals surface area contributed by atoms with Crippen LogP contribution in [0.4, 0.5) is 0 Å². The average Bonchev–Trinajstić information content (AvgIpc) is 3.45. The summed E-state index contributed by atoms with van der Waals surface area (Å²) in [6.07, 6.45) is 87.7. The molecule has 0 radical (unpaired) electrons. The van der Waals surface area contributed by atoms with E-state index in [1.807, 2.05) is 0 Å². The van der Waals surface area contributed by atoms with Crippen molar-refractivity contribution in [2.45, 2.75) is 361 Å². The Morgan fingerprint density at radius 1 is 0.253 bits per heavy atom. The molecule has 0 fully saturated rings. The van der Waals surface area contributed by atoms with Crippen molar-refractivity contribution in [3.05, 3.63) is 72.9 Å². The van der Waals surface area contributed by atoms with Crippen LogP contribution in [-0.2, 0) is 28.6 Å². The van der Waals surface area contributed by atoms with E-state index in [1.54, 1.807) is 0 Å². The summed E-state index contributed by atoms with van der Waals surface area (Å²) in [7, 11) is 0. The predicted octanol–water partition coefficient (Wildman–Crippen LogP) is 23.7. The fourth-order valence-corrected chi connectivity index (χ4v) is 9.95. The lowest BCUT2D eigenvalue weighted by Gasteiger charge is -2.18. The van der Waals surface area contributed by atoms with E-state index in [0.29, 0.717) is 19.3 Å². The van der Waals surface area contributed by atoms with Crippen molar-refractivity contribution < 1.29 is 28.6 Å². The lowest BCUT2D eigenvalue weighted by Crippen LogP contribution is -2.30. The van der Waals surface area contributed by atoms with E-state index in [4.69, 9.17) is 14.2 Å². The van der Waals surface area contributed by atoms with E-state index in [0.717, 1.165) is 89.9 Å². The van der Waals surface area contributed by atoms with Crippen LogP contribution in [0.2, 0.25) is 0 Å². The fourth-order valence-electron chi connectivity index (χ4n) is 9.95. The minimum Gasteiger partial charge on any atom is -0.462 e. The number of esters is 3. The highest BCUT2D eigenvalue weighted by atomic mass is 16.6. The molecule has 0 saturated heterocycles. The molecule has 0 N–H and O–H groups in total. The van der Waals surface area contributed by atoms with E-state index >= 15 is 0 Å². The molecule has 0 saturated carbocycles. The van der Waals surface area contributed by atoms with Crippen LogP contribution in [-0.4, -0.2) is 37.2 Å². The third kappa shape index (κ3) is 65.5. The minimum atomic E-state index is -0.787. The number of ether oxygens (including phenoxy) is 3. The Hall–Kier alpha value is -3.15. The quantitative estimate of drug-likeness (QED) is 0.0261. The number of allylic oxidation sites excluding steroid dienone is 12. The molecule has 0 amide bonds. The zero-order chi connectivity index (χ0) is 57.1. The number of unbranched alkanes of at least 4 members (excludes halogenated alkanes) is 40. The van der Waals surface area contributed by atoms with Crippen LogP contribution >= 0.6 is 0 Å². The number of hydrogen-bond donors (Lipinski definition) is 0. The highest BCUT2D eigenvalue weighted by Gasteiger charge is 2.19. The molecule has 1 unspecified atom stereocenters. The molecule has 458 valence electrons. The van der Waals surface area contributed by atoms with E-state index in [9.17, 15) is 14.4 Å². The lowest BCUT2D eigenvalue weighted by atomic mass is 10.0. The Kier molecular flexibility index (Phi) is 64.7. The Bertz CT molecular complexity index is 1450. The van der Waals surface area contributed by atoms with E-state index in [-0.39, 0.29) is 31.1 Å².